The highest BCUT2D eigenvalue weighted by Crippen LogP contribution is 2.36. The Balaban J connectivity index is 0.00000338. The molecule has 7 heteroatoms. The van der Waals surface area contributed by atoms with Crippen LogP contribution in [0.15, 0.2) is 30.3 Å². The van der Waals surface area contributed by atoms with Gasteiger partial charge in [0.1, 0.15) is 11.8 Å². The van der Waals surface area contributed by atoms with Crippen LogP contribution >= 0.6 is 12.4 Å². The van der Waals surface area contributed by atoms with Gasteiger partial charge in [0.2, 0.25) is 5.91 Å². The molecule has 26 heavy (non-hydrogen) atoms. The Labute approximate surface area is 160 Å². The molecule has 6 nitrogen and oxygen atoms in total. The number of nitrogens with zero attached hydrogens (tertiary/aromatic N) is 1. The van der Waals surface area contributed by atoms with Crippen LogP contribution in [-0.2, 0) is 24.5 Å². The number of carbonyl (C=O) groups excluding carboxylic acids is 3. The molecule has 1 atom stereocenters. The molecule has 1 amide bonds. The van der Waals surface area contributed by atoms with Gasteiger partial charge in [0.15, 0.2) is 0 Å². The second-order valence-corrected chi connectivity index (χ2v) is 6.55. The zero-order valence-corrected chi connectivity index (χ0v) is 16.1. The number of halogens is 1. The Morgan fingerprint density at radius 1 is 1.19 bits per heavy atom. The third-order valence-electron chi connectivity index (χ3n) is 5.14. The minimum absolute atomic E-state index is 0. The Hall–Kier alpha value is -1.92. The van der Waals surface area contributed by atoms with Gasteiger partial charge in [-0.1, -0.05) is 30.3 Å². The lowest BCUT2D eigenvalue weighted by atomic mass is 9.70. The SMILES string of the molecule is COC(=O)[C@@H](N)CCC(=O)N1CCC(C(C)=O)(c2ccccc2)CC1.Cl. The van der Waals surface area contributed by atoms with E-state index >= 15 is 0 Å². The summed E-state index contributed by atoms with van der Waals surface area (Å²) in [5.41, 5.74) is 6.18. The molecule has 0 spiro atoms. The lowest BCUT2D eigenvalue weighted by Crippen LogP contribution is -2.48. The van der Waals surface area contributed by atoms with Crippen LogP contribution in [0.5, 0.6) is 0 Å². The van der Waals surface area contributed by atoms with Crippen molar-refractivity contribution in [3.63, 3.8) is 0 Å². The fourth-order valence-electron chi connectivity index (χ4n) is 3.45. The molecule has 2 rings (SSSR count). The van der Waals surface area contributed by atoms with Crippen molar-refractivity contribution in [3.05, 3.63) is 35.9 Å². The minimum atomic E-state index is -0.778. The van der Waals surface area contributed by atoms with Crippen molar-refractivity contribution in [2.45, 2.75) is 44.1 Å². The molecule has 1 aromatic carbocycles. The molecule has 1 saturated heterocycles. The number of likely N-dealkylation sites (tertiary alicyclic amines) is 1. The molecule has 0 aliphatic carbocycles. The standard InChI is InChI=1S/C19H26N2O4.ClH/c1-14(22)19(15-6-4-3-5-7-15)10-12-21(13-11-19)17(23)9-8-16(20)18(24)25-2;/h3-7,16H,8-13,20H2,1-2H3;1H/t16-;/m0./s1. The van der Waals surface area contributed by atoms with E-state index in [0.29, 0.717) is 25.9 Å². The van der Waals surface area contributed by atoms with Gasteiger partial charge in [-0.2, -0.15) is 0 Å². The summed E-state index contributed by atoms with van der Waals surface area (Å²) in [6, 6.07) is 8.99. The third kappa shape index (κ3) is 4.83. The fraction of sp³-hybridized carbons (Fsp3) is 0.526. The van der Waals surface area contributed by atoms with Crippen molar-refractivity contribution < 1.29 is 19.1 Å². The summed E-state index contributed by atoms with van der Waals surface area (Å²) >= 11 is 0. The van der Waals surface area contributed by atoms with Crippen LogP contribution in [0.25, 0.3) is 0 Å². The number of methoxy groups -OCH3 is 1. The van der Waals surface area contributed by atoms with Crippen LogP contribution in [-0.4, -0.2) is 48.8 Å². The molecule has 1 fully saturated rings. The minimum Gasteiger partial charge on any atom is -0.468 e. The molecule has 0 saturated carbocycles. The molecule has 2 N–H and O–H groups in total. The van der Waals surface area contributed by atoms with Gasteiger partial charge in [-0.15, -0.1) is 12.4 Å². The van der Waals surface area contributed by atoms with Crippen molar-refractivity contribution in [1.29, 1.82) is 0 Å². The highest BCUT2D eigenvalue weighted by Gasteiger charge is 2.41. The third-order valence-corrected chi connectivity index (χ3v) is 5.14. The number of rotatable bonds is 6. The van der Waals surface area contributed by atoms with Crippen molar-refractivity contribution in [3.8, 4) is 0 Å². The van der Waals surface area contributed by atoms with E-state index in [2.05, 4.69) is 4.74 Å². The summed E-state index contributed by atoms with van der Waals surface area (Å²) in [4.78, 5) is 37.8. The summed E-state index contributed by atoms with van der Waals surface area (Å²) in [6.07, 6.45) is 1.69. The first-order valence-corrected chi connectivity index (χ1v) is 8.58. The molecule has 1 aliphatic heterocycles. The topological polar surface area (TPSA) is 89.7 Å². The van der Waals surface area contributed by atoms with Gasteiger partial charge >= 0.3 is 5.97 Å². The number of nitrogens with two attached hydrogens (primary N) is 1. The molecule has 0 bridgehead atoms. The molecule has 0 aromatic heterocycles. The van der Waals surface area contributed by atoms with Crippen LogP contribution < -0.4 is 5.73 Å². The quantitative estimate of drug-likeness (QED) is 0.758. The Bertz CT molecular complexity index is 628. The maximum Gasteiger partial charge on any atom is 0.322 e. The molecule has 1 heterocycles. The number of benzene rings is 1. The van der Waals surface area contributed by atoms with Crippen LogP contribution in [0.2, 0.25) is 0 Å². The largest absolute Gasteiger partial charge is 0.468 e. The molecule has 0 unspecified atom stereocenters. The molecule has 1 aliphatic rings. The van der Waals surface area contributed by atoms with Gasteiger partial charge in [-0.25, -0.2) is 0 Å². The average Bonchev–Trinajstić information content (AvgIpc) is 2.65. The summed E-state index contributed by atoms with van der Waals surface area (Å²) < 4.78 is 4.57. The number of hydrogen-bond donors (Lipinski definition) is 1. The number of piperidine rings is 1. The number of esters is 1. The first-order chi connectivity index (χ1) is 11.9. The van der Waals surface area contributed by atoms with Gasteiger partial charge in [0.25, 0.3) is 0 Å². The summed E-state index contributed by atoms with van der Waals surface area (Å²) in [6.45, 7) is 2.68. The van der Waals surface area contributed by atoms with Gasteiger partial charge in [-0.3, -0.25) is 14.4 Å². The fourth-order valence-corrected chi connectivity index (χ4v) is 3.45. The van der Waals surface area contributed by atoms with Crippen LogP contribution in [0.3, 0.4) is 0 Å². The Kier molecular flexibility index (Phi) is 8.24. The van der Waals surface area contributed by atoms with Crippen molar-refractivity contribution in [2.75, 3.05) is 20.2 Å². The van der Waals surface area contributed by atoms with E-state index in [4.69, 9.17) is 5.73 Å². The monoisotopic (exact) mass is 382 g/mol. The summed E-state index contributed by atoms with van der Waals surface area (Å²) in [5.74, 6) is -0.408. The van der Waals surface area contributed by atoms with Gasteiger partial charge in [0, 0.05) is 19.5 Å². The van der Waals surface area contributed by atoms with E-state index in [1.807, 2.05) is 30.3 Å². The Morgan fingerprint density at radius 3 is 2.27 bits per heavy atom. The van der Waals surface area contributed by atoms with E-state index in [-0.39, 0.29) is 36.9 Å². The molecule has 144 valence electrons. The predicted octanol–water partition coefficient (Wildman–Crippen LogP) is 1.84. The average molecular weight is 383 g/mol. The number of amides is 1. The number of hydrogen-bond acceptors (Lipinski definition) is 5. The van der Waals surface area contributed by atoms with E-state index in [9.17, 15) is 14.4 Å². The maximum atomic E-state index is 12.4. The number of carbonyl (C=O) groups is 3. The first kappa shape index (κ1) is 22.1. The zero-order valence-electron chi connectivity index (χ0n) is 15.3. The van der Waals surface area contributed by atoms with Crippen LogP contribution in [0.4, 0.5) is 0 Å². The predicted molar refractivity (Wildman–Crippen MR) is 101 cm³/mol. The maximum absolute atomic E-state index is 12.4. The molecular formula is C19H27ClN2O4. The van der Waals surface area contributed by atoms with Gasteiger partial charge in [0.05, 0.1) is 12.5 Å². The second-order valence-electron chi connectivity index (χ2n) is 6.55. The lowest BCUT2D eigenvalue weighted by Gasteiger charge is -2.40. The van der Waals surface area contributed by atoms with Crippen LogP contribution in [0.1, 0.15) is 38.2 Å². The molecular weight excluding hydrogens is 356 g/mol. The van der Waals surface area contributed by atoms with Crippen LogP contribution in [0, 0.1) is 0 Å². The normalized spacial score (nSPS) is 17.0. The number of ether oxygens (including phenoxy) is 1. The van der Waals surface area contributed by atoms with E-state index in [1.54, 1.807) is 11.8 Å². The number of Topliss-reactive ketones (excluding diaryl/α,β-unsaturated/α-hetero) is 1. The first-order valence-electron chi connectivity index (χ1n) is 8.58. The number of ketones is 1. The van der Waals surface area contributed by atoms with Crippen molar-refractivity contribution >= 4 is 30.1 Å². The van der Waals surface area contributed by atoms with E-state index in [0.717, 1.165) is 5.56 Å². The summed E-state index contributed by atoms with van der Waals surface area (Å²) in [7, 11) is 1.28. The van der Waals surface area contributed by atoms with E-state index < -0.39 is 17.4 Å². The van der Waals surface area contributed by atoms with E-state index in [1.165, 1.54) is 7.11 Å². The molecule has 1 aromatic rings. The van der Waals surface area contributed by atoms with Crippen molar-refractivity contribution in [2.24, 2.45) is 5.73 Å². The van der Waals surface area contributed by atoms with Crippen molar-refractivity contribution in [1.82, 2.24) is 4.90 Å². The molecule has 0 radical (unpaired) electrons. The Morgan fingerprint density at radius 2 is 1.77 bits per heavy atom. The van der Waals surface area contributed by atoms with Gasteiger partial charge < -0.3 is 15.4 Å². The highest BCUT2D eigenvalue weighted by molar-refractivity contribution is 5.88. The smallest absolute Gasteiger partial charge is 0.322 e. The zero-order chi connectivity index (χ0) is 18.4. The highest BCUT2D eigenvalue weighted by atomic mass is 35.5. The summed E-state index contributed by atoms with van der Waals surface area (Å²) in [5, 5.41) is 0. The van der Waals surface area contributed by atoms with Gasteiger partial charge in [-0.05, 0) is 31.7 Å². The second kappa shape index (κ2) is 9.69. The lowest BCUT2D eigenvalue weighted by molar-refractivity contribution is -0.142.